The molecule has 1 aliphatic heterocycles. The first-order valence-corrected chi connectivity index (χ1v) is 13.4. The van der Waals surface area contributed by atoms with E-state index in [0.717, 1.165) is 0 Å². The first-order chi connectivity index (χ1) is 19.8. The van der Waals surface area contributed by atoms with Crippen LogP contribution in [0.15, 0.2) is 81.9 Å². The summed E-state index contributed by atoms with van der Waals surface area (Å²) < 4.78 is 19.8. The van der Waals surface area contributed by atoms with Crippen molar-refractivity contribution in [2.45, 2.75) is 19.9 Å². The van der Waals surface area contributed by atoms with Crippen LogP contribution in [0.3, 0.4) is 0 Å². The summed E-state index contributed by atoms with van der Waals surface area (Å²) in [7, 11) is 3.04. The fourth-order valence-electron chi connectivity index (χ4n) is 4.77. The van der Waals surface area contributed by atoms with Crippen molar-refractivity contribution in [3.05, 3.63) is 113 Å². The van der Waals surface area contributed by atoms with Crippen molar-refractivity contribution in [1.82, 2.24) is 9.13 Å². The van der Waals surface area contributed by atoms with E-state index in [1.807, 2.05) is 0 Å². The number of nitrogens with zero attached hydrogens (tertiary/aromatic N) is 4. The van der Waals surface area contributed by atoms with Crippen LogP contribution in [0.2, 0.25) is 0 Å². The van der Waals surface area contributed by atoms with Crippen LogP contribution in [0.1, 0.15) is 31.1 Å². The third-order valence-electron chi connectivity index (χ3n) is 6.62. The Labute approximate surface area is 238 Å². The predicted octanol–water partition coefficient (Wildman–Crippen LogP) is 3.51. The fourth-order valence-corrected chi connectivity index (χ4v) is 5.80. The van der Waals surface area contributed by atoms with Gasteiger partial charge in [-0.15, -0.1) is 0 Å². The number of rotatable bonds is 8. The van der Waals surface area contributed by atoms with Gasteiger partial charge in [0, 0.05) is 24.0 Å². The zero-order chi connectivity index (χ0) is 29.3. The molecule has 0 amide bonds. The van der Waals surface area contributed by atoms with E-state index in [9.17, 15) is 19.7 Å². The van der Waals surface area contributed by atoms with Gasteiger partial charge < -0.3 is 18.8 Å². The first kappa shape index (κ1) is 27.6. The molecule has 2 aromatic heterocycles. The molecule has 12 heteroatoms. The molecule has 2 aromatic carbocycles. The summed E-state index contributed by atoms with van der Waals surface area (Å²) in [6.07, 6.45) is 3.47. The topological polar surface area (TPSA) is 127 Å². The Bertz CT molecular complexity index is 1880. The number of ether oxygens (including phenoxy) is 3. The molecule has 11 nitrogen and oxygen atoms in total. The molecule has 0 saturated carbocycles. The van der Waals surface area contributed by atoms with Crippen molar-refractivity contribution < 1.29 is 23.9 Å². The van der Waals surface area contributed by atoms with Gasteiger partial charge in [0.1, 0.15) is 0 Å². The minimum atomic E-state index is -0.823. The molecule has 0 fully saturated rings. The second-order valence-electron chi connectivity index (χ2n) is 9.00. The predicted molar refractivity (Wildman–Crippen MR) is 152 cm³/mol. The highest BCUT2D eigenvalue weighted by molar-refractivity contribution is 7.07. The van der Waals surface area contributed by atoms with Gasteiger partial charge in [0.25, 0.3) is 11.2 Å². The Morgan fingerprint density at radius 2 is 1.90 bits per heavy atom. The molecule has 41 heavy (non-hydrogen) atoms. The van der Waals surface area contributed by atoms with E-state index in [1.54, 1.807) is 73.2 Å². The highest BCUT2D eigenvalue weighted by Gasteiger charge is 2.34. The zero-order valence-electron chi connectivity index (χ0n) is 22.7. The number of aromatic nitrogens is 2. The van der Waals surface area contributed by atoms with E-state index < -0.39 is 16.9 Å². The number of nitro benzene ring substituents is 1. The fraction of sp³-hybridized carbons (Fsp3) is 0.207. The molecular weight excluding hydrogens is 548 g/mol. The maximum absolute atomic E-state index is 14.0. The molecule has 0 bridgehead atoms. The quantitative estimate of drug-likeness (QED) is 0.179. The third kappa shape index (κ3) is 5.05. The van der Waals surface area contributed by atoms with Gasteiger partial charge in [0.2, 0.25) is 0 Å². The SMILES string of the molecule is CCOC(=O)C1=C(C)N=c2sc(=Cc3cccn3-c3cccc([N+](=O)[O-])c3)c(=O)n2[C@H]1c1ccc(OC)c(OC)c1. The number of methoxy groups -OCH3 is 2. The Hall–Kier alpha value is -4.97. The minimum absolute atomic E-state index is 0.0431. The number of hydrogen-bond acceptors (Lipinski definition) is 9. The Morgan fingerprint density at radius 3 is 2.61 bits per heavy atom. The number of non-ortho nitro benzene ring substituents is 1. The lowest BCUT2D eigenvalue weighted by Crippen LogP contribution is -2.40. The van der Waals surface area contributed by atoms with Crippen molar-refractivity contribution in [2.75, 3.05) is 20.8 Å². The second-order valence-corrected chi connectivity index (χ2v) is 10.0. The van der Waals surface area contributed by atoms with Crippen molar-refractivity contribution >= 4 is 29.1 Å². The van der Waals surface area contributed by atoms with Gasteiger partial charge in [0.05, 0.1) is 53.3 Å². The summed E-state index contributed by atoms with van der Waals surface area (Å²) in [5.74, 6) is 0.381. The molecule has 3 heterocycles. The van der Waals surface area contributed by atoms with E-state index in [4.69, 9.17) is 14.2 Å². The number of carbonyl (C=O) groups is 1. The average molecular weight is 575 g/mol. The standard InChI is InChI=1S/C29H26N4O7S/c1-5-40-28(35)25-17(2)30-29-32(26(25)18-11-12-22(38-3)23(14-18)39-4)27(34)24(41-29)16-20-10-7-13-31(20)19-8-6-9-21(15-19)33(36)37/h6-16,26H,5H2,1-4H3/t26-/m0/s1. The van der Waals surface area contributed by atoms with E-state index in [1.165, 1.54) is 42.3 Å². The molecule has 0 N–H and O–H groups in total. The van der Waals surface area contributed by atoms with Crippen molar-refractivity contribution in [3.8, 4) is 17.2 Å². The van der Waals surface area contributed by atoms with E-state index in [-0.39, 0.29) is 23.4 Å². The lowest BCUT2D eigenvalue weighted by atomic mass is 9.95. The number of benzene rings is 2. The van der Waals surface area contributed by atoms with Crippen LogP contribution in [0.4, 0.5) is 5.69 Å². The smallest absolute Gasteiger partial charge is 0.338 e. The molecule has 0 aliphatic carbocycles. The van der Waals surface area contributed by atoms with Gasteiger partial charge in [-0.05, 0) is 55.8 Å². The molecule has 0 saturated heterocycles. The summed E-state index contributed by atoms with van der Waals surface area (Å²) in [5.41, 5.74) is 2.13. The van der Waals surface area contributed by atoms with Gasteiger partial charge in [-0.1, -0.05) is 23.5 Å². The van der Waals surface area contributed by atoms with Crippen LogP contribution in [0.5, 0.6) is 11.5 Å². The van der Waals surface area contributed by atoms with E-state index in [2.05, 4.69) is 4.99 Å². The number of carbonyl (C=O) groups excluding carboxylic acids is 1. The molecule has 0 spiro atoms. The molecule has 4 aromatic rings. The summed E-state index contributed by atoms with van der Waals surface area (Å²) in [5, 5.41) is 11.3. The summed E-state index contributed by atoms with van der Waals surface area (Å²) >= 11 is 1.18. The highest BCUT2D eigenvalue weighted by atomic mass is 32.1. The maximum atomic E-state index is 14.0. The molecule has 0 unspecified atom stereocenters. The summed E-state index contributed by atoms with van der Waals surface area (Å²) in [4.78, 5) is 43.0. The number of thiazole rings is 1. The number of nitro groups is 1. The number of hydrogen-bond donors (Lipinski definition) is 0. The van der Waals surface area contributed by atoms with Crippen LogP contribution in [0.25, 0.3) is 11.8 Å². The molecule has 5 rings (SSSR count). The Morgan fingerprint density at radius 1 is 1.12 bits per heavy atom. The van der Waals surface area contributed by atoms with Crippen molar-refractivity contribution in [1.29, 1.82) is 0 Å². The Kier molecular flexibility index (Phi) is 7.58. The largest absolute Gasteiger partial charge is 0.493 e. The zero-order valence-corrected chi connectivity index (χ0v) is 23.5. The van der Waals surface area contributed by atoms with Gasteiger partial charge in [0.15, 0.2) is 16.3 Å². The molecule has 0 radical (unpaired) electrons. The van der Waals surface area contributed by atoms with Crippen LogP contribution in [-0.4, -0.2) is 40.9 Å². The van der Waals surface area contributed by atoms with Gasteiger partial charge in [-0.2, -0.15) is 0 Å². The van der Waals surface area contributed by atoms with Crippen LogP contribution in [-0.2, 0) is 9.53 Å². The lowest BCUT2D eigenvalue weighted by Gasteiger charge is -2.25. The normalized spacial score (nSPS) is 14.8. The second kappa shape index (κ2) is 11.3. The molecule has 1 aliphatic rings. The Balaban J connectivity index is 1.70. The number of fused-ring (bicyclic) bond motifs is 1. The lowest BCUT2D eigenvalue weighted by molar-refractivity contribution is -0.384. The van der Waals surface area contributed by atoms with Gasteiger partial charge in [-0.25, -0.2) is 9.79 Å². The van der Waals surface area contributed by atoms with Crippen molar-refractivity contribution in [2.24, 2.45) is 4.99 Å². The summed E-state index contributed by atoms with van der Waals surface area (Å²) in [6, 6.07) is 14.2. The van der Waals surface area contributed by atoms with E-state index >= 15 is 0 Å². The van der Waals surface area contributed by atoms with Gasteiger partial charge >= 0.3 is 5.97 Å². The first-order valence-electron chi connectivity index (χ1n) is 12.6. The van der Waals surface area contributed by atoms with Gasteiger partial charge in [-0.3, -0.25) is 19.5 Å². The van der Waals surface area contributed by atoms with Crippen molar-refractivity contribution in [3.63, 3.8) is 0 Å². The maximum Gasteiger partial charge on any atom is 0.338 e. The van der Waals surface area contributed by atoms with Crippen LogP contribution >= 0.6 is 11.3 Å². The number of allylic oxidation sites excluding steroid dienone is 1. The number of esters is 1. The van der Waals surface area contributed by atoms with Crippen LogP contribution in [0, 0.1) is 10.1 Å². The molecular formula is C29H26N4O7S. The monoisotopic (exact) mass is 574 g/mol. The minimum Gasteiger partial charge on any atom is -0.493 e. The molecule has 210 valence electrons. The third-order valence-corrected chi connectivity index (χ3v) is 7.60. The molecule has 1 atom stereocenters. The van der Waals surface area contributed by atoms with Crippen LogP contribution < -0.4 is 24.4 Å². The summed E-state index contributed by atoms with van der Waals surface area (Å²) in [6.45, 7) is 3.59. The van der Waals surface area contributed by atoms with E-state index in [0.29, 0.717) is 43.5 Å². The average Bonchev–Trinajstić information content (AvgIpc) is 3.56. The highest BCUT2D eigenvalue weighted by Crippen LogP contribution is 2.36.